The summed E-state index contributed by atoms with van der Waals surface area (Å²) in [5.41, 5.74) is 1.39. The first kappa shape index (κ1) is 20.8. The molecule has 0 aromatic heterocycles. The highest BCUT2D eigenvalue weighted by molar-refractivity contribution is 5.94. The minimum Gasteiger partial charge on any atom is -0.496 e. The number of hydrogen-bond acceptors (Lipinski definition) is 5. The van der Waals surface area contributed by atoms with Crippen molar-refractivity contribution in [3.8, 4) is 5.75 Å². The average Bonchev–Trinajstić information content (AvgIpc) is 2.74. The van der Waals surface area contributed by atoms with Gasteiger partial charge in [-0.3, -0.25) is 19.8 Å². The van der Waals surface area contributed by atoms with Crippen molar-refractivity contribution in [1.82, 2.24) is 4.90 Å². The third-order valence-electron chi connectivity index (χ3n) is 5.43. The summed E-state index contributed by atoms with van der Waals surface area (Å²) in [6.45, 7) is 1.99. The van der Waals surface area contributed by atoms with E-state index in [9.17, 15) is 14.9 Å². The van der Waals surface area contributed by atoms with Crippen molar-refractivity contribution in [3.63, 3.8) is 0 Å². The van der Waals surface area contributed by atoms with Crippen LogP contribution in [0.3, 0.4) is 0 Å². The normalized spacial score (nSPS) is 15.1. The van der Waals surface area contributed by atoms with Crippen molar-refractivity contribution < 1.29 is 14.5 Å². The smallest absolute Gasteiger partial charge is 0.296 e. The minimum absolute atomic E-state index is 0.169. The number of nitro groups is 1. The highest BCUT2D eigenvalue weighted by Crippen LogP contribution is 2.29. The molecule has 7 heteroatoms. The quantitative estimate of drug-likeness (QED) is 0.540. The second kappa shape index (κ2) is 10.0. The lowest BCUT2D eigenvalue weighted by Gasteiger charge is -2.31. The largest absolute Gasteiger partial charge is 0.496 e. The van der Waals surface area contributed by atoms with Crippen LogP contribution in [0, 0.1) is 16.0 Å². The number of ether oxygens (including phenoxy) is 1. The number of anilines is 1. The van der Waals surface area contributed by atoms with E-state index in [1.807, 2.05) is 6.07 Å². The number of carbonyl (C=O) groups excluding carboxylic acids is 1. The molecule has 0 bridgehead atoms. The van der Waals surface area contributed by atoms with E-state index < -0.39 is 4.92 Å². The van der Waals surface area contributed by atoms with Crippen LogP contribution < -0.4 is 10.1 Å². The molecule has 1 aliphatic heterocycles. The summed E-state index contributed by atoms with van der Waals surface area (Å²) in [6, 6.07) is 14.9. The summed E-state index contributed by atoms with van der Waals surface area (Å²) < 4.78 is 5.02. The standard InChI is InChI=1S/C22H27N3O4/c1-29-19-9-10-20(21(15-19)25(27)28)23-22(26)16-24-13-11-18(12-14-24)8-7-17-5-3-2-4-6-17/h2-6,9-10,15,18H,7-8,11-14,16H2,1H3,(H,23,26). The van der Waals surface area contributed by atoms with Gasteiger partial charge in [-0.15, -0.1) is 0 Å². The SMILES string of the molecule is COc1ccc(NC(=O)CN2CCC(CCc3ccccc3)CC2)c([N+](=O)[O-])c1. The maximum atomic E-state index is 12.4. The van der Waals surface area contributed by atoms with E-state index in [0.29, 0.717) is 11.7 Å². The number of nitrogens with zero attached hydrogens (tertiary/aromatic N) is 2. The predicted molar refractivity (Wildman–Crippen MR) is 112 cm³/mol. The zero-order chi connectivity index (χ0) is 20.6. The topological polar surface area (TPSA) is 84.7 Å². The third kappa shape index (κ3) is 6.02. The van der Waals surface area contributed by atoms with Crippen LogP contribution in [-0.2, 0) is 11.2 Å². The van der Waals surface area contributed by atoms with E-state index in [4.69, 9.17) is 4.74 Å². The van der Waals surface area contributed by atoms with Crippen molar-refractivity contribution in [2.24, 2.45) is 5.92 Å². The Hall–Kier alpha value is -2.93. The van der Waals surface area contributed by atoms with Crippen molar-refractivity contribution in [2.45, 2.75) is 25.7 Å². The van der Waals surface area contributed by atoms with Crippen LogP contribution >= 0.6 is 0 Å². The Morgan fingerprint density at radius 1 is 1.21 bits per heavy atom. The zero-order valence-corrected chi connectivity index (χ0v) is 16.7. The average molecular weight is 397 g/mol. The van der Waals surface area contributed by atoms with E-state index in [1.54, 1.807) is 6.07 Å². The number of piperidine rings is 1. The summed E-state index contributed by atoms with van der Waals surface area (Å²) in [6.07, 6.45) is 4.40. The first-order chi connectivity index (χ1) is 14.0. The van der Waals surface area contributed by atoms with Crippen LogP contribution in [0.4, 0.5) is 11.4 Å². The summed E-state index contributed by atoms with van der Waals surface area (Å²) >= 11 is 0. The highest BCUT2D eigenvalue weighted by atomic mass is 16.6. The molecule has 7 nitrogen and oxygen atoms in total. The van der Waals surface area contributed by atoms with Crippen LogP contribution in [0.2, 0.25) is 0 Å². The first-order valence-corrected chi connectivity index (χ1v) is 9.93. The van der Waals surface area contributed by atoms with Gasteiger partial charge in [-0.05, 0) is 62.4 Å². The van der Waals surface area contributed by atoms with E-state index >= 15 is 0 Å². The molecular weight excluding hydrogens is 370 g/mol. The predicted octanol–water partition coefficient (Wildman–Crippen LogP) is 3.89. The van der Waals surface area contributed by atoms with Crippen molar-refractivity contribution >= 4 is 17.3 Å². The second-order valence-electron chi connectivity index (χ2n) is 7.43. The minimum atomic E-state index is -0.517. The number of benzene rings is 2. The Balaban J connectivity index is 1.46. The lowest BCUT2D eigenvalue weighted by molar-refractivity contribution is -0.384. The van der Waals surface area contributed by atoms with E-state index in [-0.39, 0.29) is 23.8 Å². The van der Waals surface area contributed by atoms with E-state index in [2.05, 4.69) is 34.5 Å². The van der Waals surface area contributed by atoms with E-state index in [0.717, 1.165) is 32.4 Å². The van der Waals surface area contributed by atoms with Gasteiger partial charge in [0.25, 0.3) is 5.69 Å². The van der Waals surface area contributed by atoms with Gasteiger partial charge in [0, 0.05) is 0 Å². The summed E-state index contributed by atoms with van der Waals surface area (Å²) in [7, 11) is 1.45. The molecule has 0 aliphatic carbocycles. The number of likely N-dealkylation sites (tertiary alicyclic amines) is 1. The number of rotatable bonds is 8. The second-order valence-corrected chi connectivity index (χ2v) is 7.43. The molecule has 154 valence electrons. The van der Waals surface area contributed by atoms with E-state index in [1.165, 1.54) is 31.2 Å². The molecule has 0 unspecified atom stereocenters. The molecule has 0 atom stereocenters. The molecule has 1 amide bonds. The molecular formula is C22H27N3O4. The van der Waals surface area contributed by atoms with Crippen LogP contribution in [0.15, 0.2) is 48.5 Å². The fourth-order valence-corrected chi connectivity index (χ4v) is 3.74. The van der Waals surface area contributed by atoms with Crippen LogP contribution in [0.25, 0.3) is 0 Å². The molecule has 0 spiro atoms. The number of nitrogens with one attached hydrogen (secondary N) is 1. The van der Waals surface area contributed by atoms with Gasteiger partial charge in [-0.1, -0.05) is 30.3 Å². The number of amides is 1. The Kier molecular flexibility index (Phi) is 7.19. The zero-order valence-electron chi connectivity index (χ0n) is 16.7. The third-order valence-corrected chi connectivity index (χ3v) is 5.43. The Morgan fingerprint density at radius 3 is 2.59 bits per heavy atom. The monoisotopic (exact) mass is 397 g/mol. The molecule has 2 aromatic rings. The number of carbonyl (C=O) groups is 1. The molecule has 0 saturated carbocycles. The van der Waals surface area contributed by atoms with Crippen molar-refractivity contribution in [2.75, 3.05) is 32.1 Å². The molecule has 1 heterocycles. The van der Waals surface area contributed by atoms with Crippen molar-refractivity contribution in [1.29, 1.82) is 0 Å². The maximum Gasteiger partial charge on any atom is 0.296 e. The lowest BCUT2D eigenvalue weighted by Crippen LogP contribution is -2.39. The summed E-state index contributed by atoms with van der Waals surface area (Å²) in [5, 5.41) is 13.9. The van der Waals surface area contributed by atoms with Gasteiger partial charge < -0.3 is 10.1 Å². The van der Waals surface area contributed by atoms with Crippen LogP contribution in [-0.4, -0.2) is 42.5 Å². The molecule has 0 radical (unpaired) electrons. The van der Waals surface area contributed by atoms with Gasteiger partial charge >= 0.3 is 0 Å². The van der Waals surface area contributed by atoms with Gasteiger partial charge in [-0.25, -0.2) is 0 Å². The Labute approximate surface area is 170 Å². The number of hydrogen-bond donors (Lipinski definition) is 1. The van der Waals surface area contributed by atoms with Gasteiger partial charge in [0.15, 0.2) is 0 Å². The Morgan fingerprint density at radius 2 is 1.93 bits per heavy atom. The molecule has 29 heavy (non-hydrogen) atoms. The molecule has 1 aliphatic rings. The van der Waals surface area contributed by atoms with Gasteiger partial charge in [0.2, 0.25) is 5.91 Å². The van der Waals surface area contributed by atoms with Gasteiger partial charge in [0.1, 0.15) is 11.4 Å². The first-order valence-electron chi connectivity index (χ1n) is 9.93. The maximum absolute atomic E-state index is 12.4. The van der Waals surface area contributed by atoms with Gasteiger partial charge in [0.05, 0.1) is 24.6 Å². The molecule has 3 rings (SSSR count). The lowest BCUT2D eigenvalue weighted by atomic mass is 9.90. The summed E-state index contributed by atoms with van der Waals surface area (Å²) in [5.74, 6) is 0.825. The number of aryl methyl sites for hydroxylation is 1. The van der Waals surface area contributed by atoms with Crippen LogP contribution in [0.1, 0.15) is 24.8 Å². The van der Waals surface area contributed by atoms with Gasteiger partial charge in [-0.2, -0.15) is 0 Å². The van der Waals surface area contributed by atoms with Crippen molar-refractivity contribution in [3.05, 3.63) is 64.2 Å². The number of methoxy groups -OCH3 is 1. The number of nitro benzene ring substituents is 1. The Bertz CT molecular complexity index is 833. The van der Waals surface area contributed by atoms with Crippen LogP contribution in [0.5, 0.6) is 5.75 Å². The summed E-state index contributed by atoms with van der Waals surface area (Å²) in [4.78, 5) is 25.2. The molecule has 1 fully saturated rings. The molecule has 1 N–H and O–H groups in total. The molecule has 2 aromatic carbocycles. The fourth-order valence-electron chi connectivity index (χ4n) is 3.74. The molecule has 1 saturated heterocycles. The fraction of sp³-hybridized carbons (Fsp3) is 0.409. The highest BCUT2D eigenvalue weighted by Gasteiger charge is 2.22.